The summed E-state index contributed by atoms with van der Waals surface area (Å²) < 4.78 is 13.3. The summed E-state index contributed by atoms with van der Waals surface area (Å²) in [6, 6.07) is 8.09. The Morgan fingerprint density at radius 1 is 1.32 bits per heavy atom. The molecule has 0 saturated carbocycles. The van der Waals surface area contributed by atoms with E-state index in [2.05, 4.69) is 15.3 Å². The molecule has 1 N–H and O–H groups in total. The molecule has 1 heterocycles. The molecule has 1 amide bonds. The lowest BCUT2D eigenvalue weighted by atomic mass is 10.2. The van der Waals surface area contributed by atoms with Gasteiger partial charge >= 0.3 is 0 Å². The first kappa shape index (κ1) is 16.4. The van der Waals surface area contributed by atoms with Crippen molar-refractivity contribution in [3.8, 4) is 11.4 Å². The Hall–Kier alpha value is -1.95. The Labute approximate surface area is 133 Å². The van der Waals surface area contributed by atoms with Crippen LogP contribution in [-0.4, -0.2) is 27.7 Å². The molecule has 0 radical (unpaired) electrons. The van der Waals surface area contributed by atoms with Crippen LogP contribution in [0.15, 0.2) is 35.4 Å². The number of halogens is 1. The summed E-state index contributed by atoms with van der Waals surface area (Å²) in [4.78, 5) is 20.4. The molecule has 6 heteroatoms. The predicted octanol–water partition coefficient (Wildman–Crippen LogP) is 3.21. The summed E-state index contributed by atoms with van der Waals surface area (Å²) in [5.74, 6) is 0.389. The van der Waals surface area contributed by atoms with Crippen LogP contribution in [-0.2, 0) is 4.79 Å². The summed E-state index contributed by atoms with van der Waals surface area (Å²) in [5, 5.41) is 3.53. The third kappa shape index (κ3) is 4.80. The normalized spacial score (nSPS) is 10.8. The van der Waals surface area contributed by atoms with Crippen LogP contribution >= 0.6 is 11.8 Å². The van der Waals surface area contributed by atoms with Crippen molar-refractivity contribution in [3.05, 3.63) is 41.8 Å². The quantitative estimate of drug-likeness (QED) is 0.679. The molecule has 0 saturated heterocycles. The maximum Gasteiger partial charge on any atom is 0.230 e. The van der Waals surface area contributed by atoms with Crippen molar-refractivity contribution in [1.29, 1.82) is 0 Å². The standard InChI is InChI=1S/C16H18FN3OS/c1-10(2)18-14(21)9-22-15-7-11(3)19-16(20-15)12-5-4-6-13(17)8-12/h4-8,10H,9H2,1-3H3,(H,18,21). The molecule has 0 aliphatic rings. The number of carbonyl (C=O) groups excluding carboxylic acids is 1. The van der Waals surface area contributed by atoms with Crippen LogP contribution < -0.4 is 5.32 Å². The molecule has 0 bridgehead atoms. The Bertz CT molecular complexity index is 676. The van der Waals surface area contributed by atoms with Crippen LogP contribution in [0, 0.1) is 12.7 Å². The number of hydrogen-bond donors (Lipinski definition) is 1. The van der Waals surface area contributed by atoms with Gasteiger partial charge in [-0.2, -0.15) is 0 Å². The number of aryl methyl sites for hydroxylation is 1. The number of nitrogens with one attached hydrogen (secondary N) is 1. The second-order valence-electron chi connectivity index (χ2n) is 5.19. The third-order valence-electron chi connectivity index (χ3n) is 2.71. The molecular weight excluding hydrogens is 301 g/mol. The number of thioether (sulfide) groups is 1. The number of benzene rings is 1. The van der Waals surface area contributed by atoms with Crippen LogP contribution in [0.25, 0.3) is 11.4 Å². The topological polar surface area (TPSA) is 54.9 Å². The van der Waals surface area contributed by atoms with Gasteiger partial charge in [-0.25, -0.2) is 14.4 Å². The van der Waals surface area contributed by atoms with Crippen molar-refractivity contribution in [2.45, 2.75) is 31.8 Å². The minimum atomic E-state index is -0.326. The summed E-state index contributed by atoms with van der Waals surface area (Å²) in [5.41, 5.74) is 1.40. The van der Waals surface area contributed by atoms with E-state index in [4.69, 9.17) is 0 Å². The first-order valence-electron chi connectivity index (χ1n) is 6.98. The summed E-state index contributed by atoms with van der Waals surface area (Å²) in [6.45, 7) is 5.68. The number of amides is 1. The van der Waals surface area contributed by atoms with Gasteiger partial charge in [0.1, 0.15) is 10.8 Å². The van der Waals surface area contributed by atoms with Crippen molar-refractivity contribution < 1.29 is 9.18 Å². The maximum atomic E-state index is 13.3. The number of hydrogen-bond acceptors (Lipinski definition) is 4. The number of carbonyl (C=O) groups is 1. The number of nitrogens with zero attached hydrogens (tertiary/aromatic N) is 2. The highest BCUT2D eigenvalue weighted by molar-refractivity contribution is 7.99. The van der Waals surface area contributed by atoms with E-state index in [1.54, 1.807) is 12.1 Å². The summed E-state index contributed by atoms with van der Waals surface area (Å²) in [7, 11) is 0. The van der Waals surface area contributed by atoms with E-state index in [1.807, 2.05) is 26.8 Å². The minimum Gasteiger partial charge on any atom is -0.353 e. The van der Waals surface area contributed by atoms with E-state index in [-0.39, 0.29) is 23.5 Å². The van der Waals surface area contributed by atoms with E-state index < -0.39 is 0 Å². The van der Waals surface area contributed by atoms with Crippen molar-refractivity contribution in [3.63, 3.8) is 0 Å². The Morgan fingerprint density at radius 2 is 2.09 bits per heavy atom. The van der Waals surface area contributed by atoms with Gasteiger partial charge in [-0.1, -0.05) is 23.9 Å². The number of rotatable bonds is 5. The lowest BCUT2D eigenvalue weighted by Crippen LogP contribution is -2.31. The Kier molecular flexibility index (Phi) is 5.49. The molecule has 0 aliphatic carbocycles. The molecular formula is C16H18FN3OS. The molecule has 2 aromatic rings. The largest absolute Gasteiger partial charge is 0.353 e. The van der Waals surface area contributed by atoms with Gasteiger partial charge < -0.3 is 5.32 Å². The fourth-order valence-corrected chi connectivity index (χ4v) is 2.64. The lowest BCUT2D eigenvalue weighted by Gasteiger charge is -2.09. The summed E-state index contributed by atoms with van der Waals surface area (Å²) in [6.07, 6.45) is 0. The van der Waals surface area contributed by atoms with E-state index in [1.165, 1.54) is 23.9 Å². The minimum absolute atomic E-state index is 0.0384. The average molecular weight is 319 g/mol. The molecule has 1 aromatic heterocycles. The zero-order valence-corrected chi connectivity index (χ0v) is 13.6. The van der Waals surface area contributed by atoms with Gasteiger partial charge in [0.25, 0.3) is 0 Å². The molecule has 1 aromatic carbocycles. The fraction of sp³-hybridized carbons (Fsp3) is 0.312. The Morgan fingerprint density at radius 3 is 2.77 bits per heavy atom. The highest BCUT2D eigenvalue weighted by atomic mass is 32.2. The van der Waals surface area contributed by atoms with Crippen LogP contribution in [0.3, 0.4) is 0 Å². The summed E-state index contributed by atoms with van der Waals surface area (Å²) >= 11 is 1.34. The highest BCUT2D eigenvalue weighted by Crippen LogP contribution is 2.22. The maximum absolute atomic E-state index is 13.3. The second kappa shape index (κ2) is 7.35. The molecule has 0 unspecified atom stereocenters. The third-order valence-corrected chi connectivity index (χ3v) is 3.63. The first-order valence-corrected chi connectivity index (χ1v) is 7.96. The van der Waals surface area contributed by atoms with Gasteiger partial charge in [-0.05, 0) is 39.0 Å². The zero-order valence-electron chi connectivity index (χ0n) is 12.8. The second-order valence-corrected chi connectivity index (χ2v) is 6.19. The van der Waals surface area contributed by atoms with E-state index in [0.29, 0.717) is 16.4 Å². The fourth-order valence-electron chi connectivity index (χ4n) is 1.87. The molecule has 0 spiro atoms. The van der Waals surface area contributed by atoms with Crippen LogP contribution in [0.5, 0.6) is 0 Å². The monoisotopic (exact) mass is 319 g/mol. The molecule has 4 nitrogen and oxygen atoms in total. The van der Waals surface area contributed by atoms with Crippen LogP contribution in [0.2, 0.25) is 0 Å². The van der Waals surface area contributed by atoms with Crippen molar-refractivity contribution in [1.82, 2.24) is 15.3 Å². The van der Waals surface area contributed by atoms with Crippen molar-refractivity contribution >= 4 is 17.7 Å². The van der Waals surface area contributed by atoms with Gasteiger partial charge in [0.2, 0.25) is 5.91 Å². The predicted molar refractivity (Wildman–Crippen MR) is 86.2 cm³/mol. The van der Waals surface area contributed by atoms with Crippen LogP contribution in [0.4, 0.5) is 4.39 Å². The SMILES string of the molecule is Cc1cc(SCC(=O)NC(C)C)nc(-c2cccc(F)c2)n1. The van der Waals surface area contributed by atoms with Gasteiger partial charge in [0, 0.05) is 17.3 Å². The van der Waals surface area contributed by atoms with E-state index in [9.17, 15) is 9.18 Å². The molecule has 0 fully saturated rings. The van der Waals surface area contributed by atoms with E-state index in [0.717, 1.165) is 5.69 Å². The number of aromatic nitrogens is 2. The molecule has 116 valence electrons. The average Bonchev–Trinajstić information content (AvgIpc) is 2.44. The van der Waals surface area contributed by atoms with Crippen molar-refractivity contribution in [2.24, 2.45) is 0 Å². The Balaban J connectivity index is 2.15. The van der Waals surface area contributed by atoms with E-state index >= 15 is 0 Å². The smallest absolute Gasteiger partial charge is 0.230 e. The van der Waals surface area contributed by atoms with Gasteiger partial charge in [0.05, 0.1) is 5.75 Å². The van der Waals surface area contributed by atoms with Gasteiger partial charge in [0.15, 0.2) is 5.82 Å². The van der Waals surface area contributed by atoms with Gasteiger partial charge in [-0.3, -0.25) is 4.79 Å². The highest BCUT2D eigenvalue weighted by Gasteiger charge is 2.09. The lowest BCUT2D eigenvalue weighted by molar-refractivity contribution is -0.119. The zero-order chi connectivity index (χ0) is 16.1. The van der Waals surface area contributed by atoms with Crippen molar-refractivity contribution in [2.75, 3.05) is 5.75 Å². The van der Waals surface area contributed by atoms with Crippen LogP contribution in [0.1, 0.15) is 19.5 Å². The molecule has 22 heavy (non-hydrogen) atoms. The molecule has 0 aliphatic heterocycles. The first-order chi connectivity index (χ1) is 10.4. The molecule has 0 atom stereocenters. The van der Waals surface area contributed by atoms with Gasteiger partial charge in [-0.15, -0.1) is 0 Å². The molecule has 2 rings (SSSR count).